The summed E-state index contributed by atoms with van der Waals surface area (Å²) in [7, 11) is 0. The van der Waals surface area contributed by atoms with E-state index < -0.39 is 18.3 Å². The lowest BCUT2D eigenvalue weighted by atomic mass is 10.2. The van der Waals surface area contributed by atoms with Gasteiger partial charge in [-0.15, -0.1) is 0 Å². The number of halogens is 3. The minimum Gasteiger partial charge on any atom is -0.290 e. The summed E-state index contributed by atoms with van der Waals surface area (Å²) in [5, 5.41) is 0.189. The SMILES string of the molecule is O=c1c2ccccc2ncn1CC(F)(F)F. The molecule has 0 radical (unpaired) electrons. The van der Waals surface area contributed by atoms with E-state index in [1.807, 2.05) is 0 Å². The van der Waals surface area contributed by atoms with Gasteiger partial charge in [0.25, 0.3) is 5.56 Å². The lowest BCUT2D eigenvalue weighted by Crippen LogP contribution is -2.28. The summed E-state index contributed by atoms with van der Waals surface area (Å²) >= 11 is 0. The van der Waals surface area contributed by atoms with Gasteiger partial charge < -0.3 is 0 Å². The Morgan fingerprint density at radius 2 is 1.94 bits per heavy atom. The van der Waals surface area contributed by atoms with E-state index in [0.29, 0.717) is 10.1 Å². The molecule has 0 fully saturated rings. The molecule has 1 aromatic carbocycles. The van der Waals surface area contributed by atoms with E-state index in [-0.39, 0.29) is 5.39 Å². The van der Waals surface area contributed by atoms with Gasteiger partial charge in [0.2, 0.25) is 0 Å². The molecule has 16 heavy (non-hydrogen) atoms. The van der Waals surface area contributed by atoms with Gasteiger partial charge in [0.15, 0.2) is 0 Å². The molecule has 3 nitrogen and oxygen atoms in total. The van der Waals surface area contributed by atoms with E-state index in [1.54, 1.807) is 18.2 Å². The highest BCUT2D eigenvalue weighted by molar-refractivity contribution is 5.76. The highest BCUT2D eigenvalue weighted by atomic mass is 19.4. The van der Waals surface area contributed by atoms with E-state index in [2.05, 4.69) is 4.98 Å². The fourth-order valence-corrected chi connectivity index (χ4v) is 1.41. The topological polar surface area (TPSA) is 34.9 Å². The molecule has 0 saturated carbocycles. The van der Waals surface area contributed by atoms with Crippen molar-refractivity contribution in [2.75, 3.05) is 0 Å². The van der Waals surface area contributed by atoms with Crippen molar-refractivity contribution in [3.63, 3.8) is 0 Å². The fraction of sp³-hybridized carbons (Fsp3) is 0.200. The smallest absolute Gasteiger partial charge is 0.290 e. The summed E-state index contributed by atoms with van der Waals surface area (Å²) in [5.74, 6) is 0. The molecule has 0 aliphatic rings. The molecule has 2 aromatic rings. The third-order valence-electron chi connectivity index (χ3n) is 2.08. The van der Waals surface area contributed by atoms with E-state index in [1.165, 1.54) is 6.07 Å². The minimum atomic E-state index is -4.42. The Hall–Kier alpha value is -1.85. The van der Waals surface area contributed by atoms with Gasteiger partial charge in [-0.3, -0.25) is 9.36 Å². The Labute approximate surface area is 88.2 Å². The van der Waals surface area contributed by atoms with Crippen LogP contribution < -0.4 is 5.56 Å². The van der Waals surface area contributed by atoms with E-state index >= 15 is 0 Å². The van der Waals surface area contributed by atoms with Crippen molar-refractivity contribution < 1.29 is 13.2 Å². The van der Waals surface area contributed by atoms with Gasteiger partial charge in [0.1, 0.15) is 6.54 Å². The lowest BCUT2D eigenvalue weighted by Gasteiger charge is -2.09. The Bertz CT molecular complexity index is 574. The highest BCUT2D eigenvalue weighted by Crippen LogP contribution is 2.16. The van der Waals surface area contributed by atoms with Gasteiger partial charge in [-0.1, -0.05) is 12.1 Å². The zero-order valence-electron chi connectivity index (χ0n) is 8.03. The third kappa shape index (κ3) is 2.05. The molecule has 0 saturated heterocycles. The van der Waals surface area contributed by atoms with E-state index in [9.17, 15) is 18.0 Å². The minimum absolute atomic E-state index is 0.189. The average Bonchev–Trinajstić information content (AvgIpc) is 2.21. The number of alkyl halides is 3. The molecule has 0 atom stereocenters. The first-order valence-corrected chi connectivity index (χ1v) is 4.48. The molecular weight excluding hydrogens is 221 g/mol. The first kappa shape index (κ1) is 10.7. The number of nitrogens with zero attached hydrogens (tertiary/aromatic N) is 2. The highest BCUT2D eigenvalue weighted by Gasteiger charge is 2.28. The van der Waals surface area contributed by atoms with Gasteiger partial charge in [0.05, 0.1) is 17.2 Å². The second-order valence-corrected chi connectivity index (χ2v) is 3.31. The number of aromatic nitrogens is 2. The number of hydrogen-bond donors (Lipinski definition) is 0. The predicted octanol–water partition coefficient (Wildman–Crippen LogP) is 1.96. The molecule has 1 aromatic heterocycles. The van der Waals surface area contributed by atoms with Crippen LogP contribution in [0.3, 0.4) is 0 Å². The first-order chi connectivity index (χ1) is 7.47. The van der Waals surface area contributed by atoms with Crippen LogP contribution in [0.1, 0.15) is 0 Å². The van der Waals surface area contributed by atoms with Gasteiger partial charge in [0, 0.05) is 0 Å². The standard InChI is InChI=1S/C10H7F3N2O/c11-10(12,13)5-15-6-14-8-4-2-1-3-7(8)9(15)16/h1-4,6H,5H2. The molecule has 2 rings (SSSR count). The third-order valence-corrected chi connectivity index (χ3v) is 2.08. The van der Waals surface area contributed by atoms with Crippen molar-refractivity contribution in [2.45, 2.75) is 12.7 Å². The quantitative estimate of drug-likeness (QED) is 0.747. The van der Waals surface area contributed by atoms with Gasteiger partial charge in [-0.2, -0.15) is 13.2 Å². The molecule has 0 unspecified atom stereocenters. The second kappa shape index (κ2) is 3.62. The van der Waals surface area contributed by atoms with Crippen LogP contribution in [0, 0.1) is 0 Å². The Morgan fingerprint density at radius 3 is 2.62 bits per heavy atom. The summed E-state index contributed by atoms with van der Waals surface area (Å²) in [4.78, 5) is 15.4. The van der Waals surface area contributed by atoms with Crippen molar-refractivity contribution in [1.29, 1.82) is 0 Å². The van der Waals surface area contributed by atoms with Crippen LogP contribution in [-0.4, -0.2) is 15.7 Å². The first-order valence-electron chi connectivity index (χ1n) is 4.48. The van der Waals surface area contributed by atoms with Gasteiger partial charge in [-0.25, -0.2) is 4.98 Å². The number of hydrogen-bond acceptors (Lipinski definition) is 2. The summed E-state index contributed by atoms with van der Waals surface area (Å²) in [6.45, 7) is -1.32. The van der Waals surface area contributed by atoms with Crippen LogP contribution in [0.5, 0.6) is 0 Å². The summed E-state index contributed by atoms with van der Waals surface area (Å²) in [5.41, 5.74) is -0.283. The van der Waals surface area contributed by atoms with Crippen LogP contribution in [0.2, 0.25) is 0 Å². The molecular formula is C10H7F3N2O. The van der Waals surface area contributed by atoms with E-state index in [0.717, 1.165) is 6.33 Å². The molecule has 84 valence electrons. The zero-order chi connectivity index (χ0) is 11.8. The number of para-hydroxylation sites is 1. The maximum atomic E-state index is 12.1. The molecule has 6 heteroatoms. The Kier molecular flexibility index (Phi) is 2.41. The summed E-state index contributed by atoms with van der Waals surface area (Å²) in [6.07, 6.45) is -3.51. The molecule has 1 heterocycles. The fourth-order valence-electron chi connectivity index (χ4n) is 1.41. The normalized spacial score (nSPS) is 11.9. The van der Waals surface area contributed by atoms with Crippen LogP contribution in [-0.2, 0) is 6.54 Å². The molecule has 0 aliphatic heterocycles. The Morgan fingerprint density at radius 1 is 1.25 bits per heavy atom. The summed E-state index contributed by atoms with van der Waals surface area (Å²) in [6, 6.07) is 6.29. The maximum Gasteiger partial charge on any atom is 0.406 e. The van der Waals surface area contributed by atoms with Crippen LogP contribution in [0.25, 0.3) is 10.9 Å². The van der Waals surface area contributed by atoms with Crippen molar-refractivity contribution in [3.8, 4) is 0 Å². The second-order valence-electron chi connectivity index (χ2n) is 3.31. The van der Waals surface area contributed by atoms with Crippen molar-refractivity contribution in [1.82, 2.24) is 9.55 Å². The van der Waals surface area contributed by atoms with Crippen LogP contribution >= 0.6 is 0 Å². The molecule has 0 aliphatic carbocycles. The monoisotopic (exact) mass is 228 g/mol. The lowest BCUT2D eigenvalue weighted by molar-refractivity contribution is -0.141. The van der Waals surface area contributed by atoms with Crippen molar-refractivity contribution >= 4 is 10.9 Å². The number of rotatable bonds is 1. The molecule has 0 amide bonds. The van der Waals surface area contributed by atoms with E-state index in [4.69, 9.17) is 0 Å². The zero-order valence-corrected chi connectivity index (χ0v) is 8.03. The summed E-state index contributed by atoms with van der Waals surface area (Å²) < 4.78 is 37.0. The maximum absolute atomic E-state index is 12.1. The molecule has 0 bridgehead atoms. The van der Waals surface area contributed by atoms with Gasteiger partial charge in [-0.05, 0) is 12.1 Å². The van der Waals surface area contributed by atoms with Crippen LogP contribution in [0.4, 0.5) is 13.2 Å². The molecule has 0 spiro atoms. The van der Waals surface area contributed by atoms with Crippen LogP contribution in [0.15, 0.2) is 35.4 Å². The number of benzene rings is 1. The van der Waals surface area contributed by atoms with Crippen molar-refractivity contribution in [2.24, 2.45) is 0 Å². The number of fused-ring (bicyclic) bond motifs is 1. The van der Waals surface area contributed by atoms with Gasteiger partial charge >= 0.3 is 6.18 Å². The predicted molar refractivity (Wildman–Crippen MR) is 52.1 cm³/mol. The Balaban J connectivity index is 2.57. The largest absolute Gasteiger partial charge is 0.406 e. The van der Waals surface area contributed by atoms with Crippen molar-refractivity contribution in [3.05, 3.63) is 40.9 Å². The molecule has 0 N–H and O–H groups in total. The average molecular weight is 228 g/mol.